The SMILES string of the molecule is Cn1cc(-c2cc3cc(NC(=O)[C@H]4CC[C@H](N5CCOCC5)CC4)ncc3cn2)nn1. The first-order valence-corrected chi connectivity index (χ1v) is 10.9. The van der Waals surface area contributed by atoms with E-state index >= 15 is 0 Å². The number of nitrogens with zero attached hydrogens (tertiary/aromatic N) is 6. The molecule has 4 heterocycles. The molecule has 1 saturated heterocycles. The van der Waals surface area contributed by atoms with E-state index < -0.39 is 0 Å². The van der Waals surface area contributed by atoms with Gasteiger partial charge in [0.2, 0.25) is 5.91 Å². The van der Waals surface area contributed by atoms with Crippen LogP contribution in [0.2, 0.25) is 0 Å². The molecule has 0 unspecified atom stereocenters. The summed E-state index contributed by atoms with van der Waals surface area (Å²) in [6, 6.07) is 4.43. The number of morpholine rings is 1. The predicted octanol–water partition coefficient (Wildman–Crippen LogP) is 2.25. The van der Waals surface area contributed by atoms with E-state index in [-0.39, 0.29) is 11.8 Å². The van der Waals surface area contributed by atoms with Crippen molar-refractivity contribution in [2.75, 3.05) is 31.6 Å². The van der Waals surface area contributed by atoms with Gasteiger partial charge < -0.3 is 10.1 Å². The molecule has 1 saturated carbocycles. The molecule has 3 aromatic rings. The first kappa shape index (κ1) is 20.0. The molecule has 162 valence electrons. The average Bonchev–Trinajstić information content (AvgIpc) is 3.25. The Morgan fingerprint density at radius 3 is 2.55 bits per heavy atom. The lowest BCUT2D eigenvalue weighted by atomic mass is 9.84. The summed E-state index contributed by atoms with van der Waals surface area (Å²) in [6.07, 6.45) is 9.31. The van der Waals surface area contributed by atoms with E-state index in [0.29, 0.717) is 17.6 Å². The molecule has 0 spiro atoms. The van der Waals surface area contributed by atoms with Gasteiger partial charge >= 0.3 is 0 Å². The highest BCUT2D eigenvalue weighted by atomic mass is 16.5. The van der Waals surface area contributed by atoms with Crippen LogP contribution in [0, 0.1) is 5.92 Å². The fourth-order valence-corrected chi connectivity index (χ4v) is 4.59. The van der Waals surface area contributed by atoms with Crippen molar-refractivity contribution >= 4 is 22.5 Å². The Kier molecular flexibility index (Phi) is 5.61. The minimum atomic E-state index is 0.0439. The number of aromatic nitrogens is 5. The number of aryl methyl sites for hydroxylation is 1. The van der Waals surface area contributed by atoms with Gasteiger partial charge in [0.1, 0.15) is 11.5 Å². The summed E-state index contributed by atoms with van der Waals surface area (Å²) in [5.74, 6) is 0.682. The van der Waals surface area contributed by atoms with Crippen LogP contribution in [-0.2, 0) is 16.6 Å². The summed E-state index contributed by atoms with van der Waals surface area (Å²) in [5.41, 5.74) is 1.45. The highest BCUT2D eigenvalue weighted by Crippen LogP contribution is 2.29. The molecular formula is C22H27N7O2. The smallest absolute Gasteiger partial charge is 0.228 e. The molecule has 1 aliphatic heterocycles. The van der Waals surface area contributed by atoms with Crippen molar-refractivity contribution in [3.8, 4) is 11.4 Å². The zero-order valence-electron chi connectivity index (χ0n) is 17.7. The maximum Gasteiger partial charge on any atom is 0.228 e. The number of fused-ring (bicyclic) bond motifs is 1. The number of anilines is 1. The van der Waals surface area contributed by atoms with Crippen LogP contribution >= 0.6 is 0 Å². The molecule has 0 atom stereocenters. The second kappa shape index (κ2) is 8.68. The molecule has 2 fully saturated rings. The van der Waals surface area contributed by atoms with Gasteiger partial charge in [-0.2, -0.15) is 0 Å². The highest BCUT2D eigenvalue weighted by Gasteiger charge is 2.30. The number of hydrogen-bond donors (Lipinski definition) is 1. The number of ether oxygens (including phenoxy) is 1. The predicted molar refractivity (Wildman–Crippen MR) is 116 cm³/mol. The highest BCUT2D eigenvalue weighted by molar-refractivity contribution is 5.94. The van der Waals surface area contributed by atoms with Crippen LogP contribution < -0.4 is 5.32 Å². The molecule has 3 aromatic heterocycles. The van der Waals surface area contributed by atoms with Gasteiger partial charge in [-0.25, -0.2) is 4.98 Å². The normalized spacial score (nSPS) is 22.5. The number of nitrogens with one attached hydrogen (secondary N) is 1. The standard InChI is InChI=1S/C22H27N7O2/c1-28-14-20(26-27-28)19-10-16-11-21(24-13-17(16)12-23-19)25-22(30)15-2-4-18(5-3-15)29-6-8-31-9-7-29/h10-15,18H,2-9H2,1H3,(H,24,25,30)/t15-,18-. The Hall–Kier alpha value is -2.91. The van der Waals surface area contributed by atoms with Crippen molar-refractivity contribution in [3.05, 3.63) is 30.7 Å². The van der Waals surface area contributed by atoms with Crippen molar-refractivity contribution < 1.29 is 9.53 Å². The summed E-state index contributed by atoms with van der Waals surface area (Å²) < 4.78 is 7.10. The fraction of sp³-hybridized carbons (Fsp3) is 0.500. The maximum absolute atomic E-state index is 12.9. The van der Waals surface area contributed by atoms with Crippen LogP contribution in [0.5, 0.6) is 0 Å². The van der Waals surface area contributed by atoms with Crippen LogP contribution in [0.1, 0.15) is 25.7 Å². The molecular weight excluding hydrogens is 394 g/mol. The molecule has 2 aliphatic rings. The first-order chi connectivity index (χ1) is 15.2. The van der Waals surface area contributed by atoms with E-state index in [4.69, 9.17) is 4.74 Å². The third kappa shape index (κ3) is 4.42. The van der Waals surface area contributed by atoms with Gasteiger partial charge in [-0.1, -0.05) is 5.21 Å². The quantitative estimate of drug-likeness (QED) is 0.690. The van der Waals surface area contributed by atoms with Crippen LogP contribution in [0.3, 0.4) is 0 Å². The summed E-state index contributed by atoms with van der Waals surface area (Å²) in [4.78, 5) is 24.2. The maximum atomic E-state index is 12.9. The molecule has 5 rings (SSSR count). The van der Waals surface area contributed by atoms with Crippen molar-refractivity contribution in [3.63, 3.8) is 0 Å². The average molecular weight is 422 g/mol. The third-order valence-electron chi connectivity index (χ3n) is 6.35. The Labute approximate surface area is 180 Å². The van der Waals surface area contributed by atoms with Gasteiger partial charge in [0.25, 0.3) is 0 Å². The van der Waals surface area contributed by atoms with Gasteiger partial charge in [-0.3, -0.25) is 19.4 Å². The van der Waals surface area contributed by atoms with Crippen LogP contribution in [0.25, 0.3) is 22.2 Å². The molecule has 31 heavy (non-hydrogen) atoms. The van der Waals surface area contributed by atoms with Crippen molar-refractivity contribution in [1.29, 1.82) is 0 Å². The van der Waals surface area contributed by atoms with Crippen LogP contribution in [0.15, 0.2) is 30.7 Å². The second-order valence-electron chi connectivity index (χ2n) is 8.41. The van der Waals surface area contributed by atoms with Gasteiger partial charge in [0, 0.05) is 49.9 Å². The fourth-order valence-electron chi connectivity index (χ4n) is 4.59. The van der Waals surface area contributed by atoms with Crippen molar-refractivity contribution in [2.24, 2.45) is 13.0 Å². The lowest BCUT2D eigenvalue weighted by molar-refractivity contribution is -0.121. The lowest BCUT2D eigenvalue weighted by Gasteiger charge is -2.38. The van der Waals surface area contributed by atoms with Gasteiger partial charge in [0.05, 0.1) is 25.1 Å². The molecule has 9 heteroatoms. The molecule has 0 aromatic carbocycles. The second-order valence-corrected chi connectivity index (χ2v) is 8.41. The summed E-state index contributed by atoms with van der Waals surface area (Å²) in [6.45, 7) is 3.66. The largest absolute Gasteiger partial charge is 0.379 e. The number of rotatable bonds is 4. The van der Waals surface area contributed by atoms with E-state index in [2.05, 4.69) is 30.5 Å². The molecule has 1 N–H and O–H groups in total. The summed E-state index contributed by atoms with van der Waals surface area (Å²) in [5, 5.41) is 13.0. The van der Waals surface area contributed by atoms with E-state index in [1.54, 1.807) is 17.1 Å². The van der Waals surface area contributed by atoms with Gasteiger partial charge in [0.15, 0.2) is 0 Å². The van der Waals surface area contributed by atoms with Crippen LogP contribution in [0.4, 0.5) is 5.82 Å². The Morgan fingerprint density at radius 1 is 1.03 bits per heavy atom. The first-order valence-electron chi connectivity index (χ1n) is 10.9. The van der Waals surface area contributed by atoms with E-state index in [0.717, 1.165) is 68.5 Å². The molecule has 0 bridgehead atoms. The summed E-state index contributed by atoms with van der Waals surface area (Å²) in [7, 11) is 1.82. The number of hydrogen-bond acceptors (Lipinski definition) is 7. The molecule has 1 amide bonds. The molecule has 9 nitrogen and oxygen atoms in total. The van der Waals surface area contributed by atoms with Gasteiger partial charge in [-0.15, -0.1) is 5.10 Å². The number of carbonyl (C=O) groups excluding carboxylic acids is 1. The lowest BCUT2D eigenvalue weighted by Crippen LogP contribution is -2.45. The van der Waals surface area contributed by atoms with Gasteiger partial charge in [-0.05, 0) is 43.2 Å². The summed E-state index contributed by atoms with van der Waals surface area (Å²) >= 11 is 0. The topological polar surface area (TPSA) is 98.1 Å². The van der Waals surface area contributed by atoms with Crippen molar-refractivity contribution in [2.45, 2.75) is 31.7 Å². The van der Waals surface area contributed by atoms with E-state index in [9.17, 15) is 4.79 Å². The monoisotopic (exact) mass is 421 g/mol. The number of amides is 1. The zero-order valence-corrected chi connectivity index (χ0v) is 17.7. The molecule has 0 radical (unpaired) electrons. The van der Waals surface area contributed by atoms with Crippen LogP contribution in [-0.4, -0.2) is 68.1 Å². The third-order valence-corrected chi connectivity index (χ3v) is 6.35. The Bertz CT molecular complexity index is 1070. The molecule has 1 aliphatic carbocycles. The zero-order chi connectivity index (χ0) is 21.2. The Balaban J connectivity index is 1.24. The minimum Gasteiger partial charge on any atom is -0.379 e. The minimum absolute atomic E-state index is 0.0439. The van der Waals surface area contributed by atoms with E-state index in [1.165, 1.54) is 0 Å². The van der Waals surface area contributed by atoms with E-state index in [1.807, 2.05) is 25.4 Å². The van der Waals surface area contributed by atoms with Crippen molar-refractivity contribution in [1.82, 2.24) is 29.9 Å². The Morgan fingerprint density at radius 2 is 1.81 bits per heavy atom. The number of carbonyl (C=O) groups is 1. The number of pyridine rings is 2.